The Morgan fingerprint density at radius 1 is 1.24 bits per heavy atom. The number of hydrogen-bond acceptors (Lipinski definition) is 5. The van der Waals surface area contributed by atoms with Crippen molar-refractivity contribution in [3.05, 3.63) is 11.4 Å². The first-order valence-electron chi connectivity index (χ1n) is 8.03. The van der Waals surface area contributed by atoms with Crippen LogP contribution in [0.15, 0.2) is 0 Å². The van der Waals surface area contributed by atoms with Gasteiger partial charge in [0, 0.05) is 24.1 Å². The lowest BCUT2D eigenvalue weighted by molar-refractivity contribution is 0.172. The van der Waals surface area contributed by atoms with Gasteiger partial charge in [-0.1, -0.05) is 19.8 Å². The zero-order valence-electron chi connectivity index (χ0n) is 13.9. The molecule has 2 rings (SSSR count). The van der Waals surface area contributed by atoms with Crippen LogP contribution in [0.25, 0.3) is 0 Å². The van der Waals surface area contributed by atoms with Crippen molar-refractivity contribution in [1.29, 1.82) is 0 Å². The Morgan fingerprint density at radius 3 is 2.48 bits per heavy atom. The maximum Gasteiger partial charge on any atom is 0.134 e. The molecule has 5 nitrogen and oxygen atoms in total. The molecule has 1 aromatic heterocycles. The summed E-state index contributed by atoms with van der Waals surface area (Å²) in [7, 11) is 4.35. The molecule has 0 saturated heterocycles. The molecule has 0 bridgehead atoms. The topological polar surface area (TPSA) is 67.1 Å². The van der Waals surface area contributed by atoms with Crippen LogP contribution in [0.5, 0.6) is 0 Å². The first-order valence-corrected chi connectivity index (χ1v) is 8.03. The van der Waals surface area contributed by atoms with Crippen LogP contribution in [0.4, 0.5) is 11.6 Å². The molecule has 5 heteroatoms. The van der Waals surface area contributed by atoms with Gasteiger partial charge in [0.25, 0.3) is 0 Å². The number of nitrogens with two attached hydrogens (primary N) is 1. The molecule has 1 fully saturated rings. The fourth-order valence-electron chi connectivity index (χ4n) is 3.15. The van der Waals surface area contributed by atoms with Gasteiger partial charge in [-0.3, -0.25) is 0 Å². The van der Waals surface area contributed by atoms with Crippen LogP contribution in [-0.2, 0) is 6.42 Å². The quantitative estimate of drug-likeness (QED) is 0.843. The van der Waals surface area contributed by atoms with E-state index in [1.54, 1.807) is 0 Å². The van der Waals surface area contributed by atoms with E-state index in [0.717, 1.165) is 36.6 Å². The summed E-state index contributed by atoms with van der Waals surface area (Å²) >= 11 is 0. The summed E-state index contributed by atoms with van der Waals surface area (Å²) in [5.41, 5.74) is 7.23. The average molecular weight is 291 g/mol. The number of nitrogens with one attached hydrogen (secondary N) is 1. The summed E-state index contributed by atoms with van der Waals surface area (Å²) < 4.78 is 0. The lowest BCUT2D eigenvalue weighted by Crippen LogP contribution is -2.47. The lowest BCUT2D eigenvalue weighted by Gasteiger charge is -2.36. The second-order valence-electron chi connectivity index (χ2n) is 6.43. The van der Waals surface area contributed by atoms with Crippen LogP contribution < -0.4 is 11.1 Å². The Bertz CT molecular complexity index is 478. The normalized spacial score (nSPS) is 17.4. The Morgan fingerprint density at radius 2 is 1.90 bits per heavy atom. The molecule has 1 aliphatic rings. The van der Waals surface area contributed by atoms with Gasteiger partial charge >= 0.3 is 0 Å². The molecule has 1 saturated carbocycles. The van der Waals surface area contributed by atoms with Gasteiger partial charge in [-0.25, -0.2) is 9.97 Å². The first-order chi connectivity index (χ1) is 9.98. The summed E-state index contributed by atoms with van der Waals surface area (Å²) in [6.45, 7) is 5.04. The number of rotatable bonds is 6. The third kappa shape index (κ3) is 3.46. The number of aryl methyl sites for hydroxylation is 1. The van der Waals surface area contributed by atoms with E-state index in [9.17, 15) is 0 Å². The van der Waals surface area contributed by atoms with E-state index in [1.807, 2.05) is 6.92 Å². The van der Waals surface area contributed by atoms with Gasteiger partial charge in [-0.05, 0) is 40.3 Å². The SMILES string of the molecule is CCCc1nc(N)c(C)c(NCC2(N(C)C)CCCC2)n1. The van der Waals surface area contributed by atoms with Gasteiger partial charge in [-0.15, -0.1) is 0 Å². The van der Waals surface area contributed by atoms with E-state index < -0.39 is 0 Å². The van der Waals surface area contributed by atoms with Crippen LogP contribution in [0.2, 0.25) is 0 Å². The average Bonchev–Trinajstić information content (AvgIpc) is 2.91. The number of hydrogen-bond donors (Lipinski definition) is 2. The maximum atomic E-state index is 6.03. The van der Waals surface area contributed by atoms with Crippen molar-refractivity contribution >= 4 is 11.6 Å². The summed E-state index contributed by atoms with van der Waals surface area (Å²) in [6.07, 6.45) is 7.02. The van der Waals surface area contributed by atoms with Crippen molar-refractivity contribution in [2.24, 2.45) is 0 Å². The highest BCUT2D eigenvalue weighted by Crippen LogP contribution is 2.34. The minimum Gasteiger partial charge on any atom is -0.383 e. The molecule has 3 N–H and O–H groups in total. The Hall–Kier alpha value is -1.36. The van der Waals surface area contributed by atoms with Crippen molar-refractivity contribution < 1.29 is 0 Å². The zero-order chi connectivity index (χ0) is 15.5. The lowest BCUT2D eigenvalue weighted by atomic mass is 9.96. The molecule has 0 aromatic carbocycles. The number of likely N-dealkylation sites (N-methyl/N-ethyl adjacent to an activating group) is 1. The summed E-state index contributed by atoms with van der Waals surface area (Å²) in [5, 5.41) is 3.54. The summed E-state index contributed by atoms with van der Waals surface area (Å²) in [6, 6.07) is 0. The largest absolute Gasteiger partial charge is 0.383 e. The molecular weight excluding hydrogens is 262 g/mol. The Balaban J connectivity index is 2.15. The molecule has 0 aliphatic heterocycles. The smallest absolute Gasteiger partial charge is 0.134 e. The van der Waals surface area contributed by atoms with Gasteiger partial charge in [0.2, 0.25) is 0 Å². The van der Waals surface area contributed by atoms with E-state index in [-0.39, 0.29) is 5.54 Å². The molecule has 0 amide bonds. The fraction of sp³-hybridized carbons (Fsp3) is 0.750. The maximum absolute atomic E-state index is 6.03. The number of aromatic nitrogens is 2. The van der Waals surface area contributed by atoms with Crippen molar-refractivity contribution in [1.82, 2.24) is 14.9 Å². The van der Waals surface area contributed by atoms with Crippen molar-refractivity contribution in [2.75, 3.05) is 31.7 Å². The van der Waals surface area contributed by atoms with Gasteiger partial charge in [0.1, 0.15) is 17.5 Å². The molecule has 118 valence electrons. The monoisotopic (exact) mass is 291 g/mol. The summed E-state index contributed by atoms with van der Waals surface area (Å²) in [4.78, 5) is 11.4. The number of nitrogen functional groups attached to an aromatic ring is 1. The highest BCUT2D eigenvalue weighted by Gasteiger charge is 2.35. The van der Waals surface area contributed by atoms with E-state index in [0.29, 0.717) is 5.82 Å². The fourth-order valence-corrected chi connectivity index (χ4v) is 3.15. The zero-order valence-corrected chi connectivity index (χ0v) is 13.9. The van der Waals surface area contributed by atoms with Crippen LogP contribution in [0.1, 0.15) is 50.4 Å². The summed E-state index contributed by atoms with van der Waals surface area (Å²) in [5.74, 6) is 2.34. The molecule has 0 unspecified atom stereocenters. The molecular formula is C16H29N5. The Labute approximate surface area is 128 Å². The van der Waals surface area contributed by atoms with Crippen molar-refractivity contribution in [3.63, 3.8) is 0 Å². The highest BCUT2D eigenvalue weighted by atomic mass is 15.2. The van der Waals surface area contributed by atoms with Crippen molar-refractivity contribution in [2.45, 2.75) is 57.9 Å². The van der Waals surface area contributed by atoms with Crippen LogP contribution in [-0.4, -0.2) is 41.0 Å². The first kappa shape index (κ1) is 16.0. The van der Waals surface area contributed by atoms with Crippen molar-refractivity contribution in [3.8, 4) is 0 Å². The second kappa shape index (κ2) is 6.60. The number of anilines is 2. The predicted molar refractivity (Wildman–Crippen MR) is 88.6 cm³/mol. The van der Waals surface area contributed by atoms with E-state index in [4.69, 9.17) is 5.73 Å². The standard InChI is InChI=1S/C16H29N5/c1-5-8-13-19-14(17)12(2)15(20-13)18-11-16(21(3)4)9-6-7-10-16/h5-11H2,1-4H3,(H3,17,18,19,20). The van der Waals surface area contributed by atoms with Gasteiger partial charge < -0.3 is 16.0 Å². The molecule has 1 aliphatic carbocycles. The minimum absolute atomic E-state index is 0.247. The van der Waals surface area contributed by atoms with Gasteiger partial charge in [0.15, 0.2) is 0 Å². The molecule has 0 spiro atoms. The van der Waals surface area contributed by atoms with Crippen LogP contribution >= 0.6 is 0 Å². The predicted octanol–water partition coefficient (Wildman–Crippen LogP) is 2.61. The van der Waals surface area contributed by atoms with E-state index in [2.05, 4.69) is 41.2 Å². The van der Waals surface area contributed by atoms with Gasteiger partial charge in [-0.2, -0.15) is 0 Å². The van der Waals surface area contributed by atoms with E-state index in [1.165, 1.54) is 25.7 Å². The number of nitrogens with zero attached hydrogens (tertiary/aromatic N) is 3. The Kier molecular flexibility index (Phi) is 5.04. The van der Waals surface area contributed by atoms with Gasteiger partial charge in [0.05, 0.1) is 0 Å². The molecule has 21 heavy (non-hydrogen) atoms. The minimum atomic E-state index is 0.247. The highest BCUT2D eigenvalue weighted by molar-refractivity contribution is 5.55. The van der Waals surface area contributed by atoms with Crippen LogP contribution in [0.3, 0.4) is 0 Å². The second-order valence-corrected chi connectivity index (χ2v) is 6.43. The molecule has 1 heterocycles. The molecule has 1 aromatic rings. The third-order valence-electron chi connectivity index (χ3n) is 4.77. The third-order valence-corrected chi connectivity index (χ3v) is 4.77. The van der Waals surface area contributed by atoms with E-state index >= 15 is 0 Å². The van der Waals surface area contributed by atoms with Crippen LogP contribution in [0, 0.1) is 6.92 Å². The molecule has 0 radical (unpaired) electrons. The molecule has 0 atom stereocenters.